The fraction of sp³-hybridized carbons (Fsp3) is 0.375. The van der Waals surface area contributed by atoms with Crippen molar-refractivity contribution in [3.8, 4) is 0 Å². The molecule has 0 aromatic carbocycles. The summed E-state index contributed by atoms with van der Waals surface area (Å²) in [7, 11) is 0. The molecule has 6 heteroatoms. The number of carbonyl (C=O) groups excluding carboxylic acids is 1. The Labute approximate surface area is 134 Å². The van der Waals surface area contributed by atoms with E-state index < -0.39 is 11.7 Å². The Kier molecular flexibility index (Phi) is 5.08. The van der Waals surface area contributed by atoms with Crippen molar-refractivity contribution in [3.63, 3.8) is 0 Å². The van der Waals surface area contributed by atoms with Crippen molar-refractivity contribution in [2.75, 3.05) is 6.54 Å². The van der Waals surface area contributed by atoms with Crippen LogP contribution in [0, 0.1) is 0 Å². The topological polar surface area (TPSA) is 67.0 Å². The van der Waals surface area contributed by atoms with Crippen LogP contribution in [0.2, 0.25) is 5.02 Å². The number of amides is 1. The summed E-state index contributed by atoms with van der Waals surface area (Å²) >= 11 is 6.18. The van der Waals surface area contributed by atoms with Gasteiger partial charge in [0, 0.05) is 29.9 Å². The van der Waals surface area contributed by atoms with Crippen LogP contribution in [0.15, 0.2) is 24.5 Å². The maximum absolute atomic E-state index is 11.5. The Morgan fingerprint density at radius 1 is 1.50 bits per heavy atom. The second-order valence-electron chi connectivity index (χ2n) is 5.88. The summed E-state index contributed by atoms with van der Waals surface area (Å²) in [6.07, 6.45) is 7.76. The molecule has 2 N–H and O–H groups in total. The summed E-state index contributed by atoms with van der Waals surface area (Å²) in [5, 5.41) is 4.28. The summed E-state index contributed by atoms with van der Waals surface area (Å²) in [6, 6.07) is 1.76. The maximum Gasteiger partial charge on any atom is 0.407 e. The molecule has 0 aliphatic carbocycles. The molecule has 0 unspecified atom stereocenters. The van der Waals surface area contributed by atoms with E-state index in [2.05, 4.69) is 15.3 Å². The number of halogens is 1. The Bertz CT molecular complexity index is 686. The summed E-state index contributed by atoms with van der Waals surface area (Å²) in [5.74, 6) is 0. The second-order valence-corrected chi connectivity index (χ2v) is 6.29. The van der Waals surface area contributed by atoms with Crippen LogP contribution in [0.25, 0.3) is 17.1 Å². The molecule has 118 valence electrons. The van der Waals surface area contributed by atoms with Gasteiger partial charge in [0.25, 0.3) is 0 Å². The van der Waals surface area contributed by atoms with E-state index in [1.807, 2.05) is 39.1 Å². The first kappa shape index (κ1) is 16.4. The lowest BCUT2D eigenvalue weighted by Crippen LogP contribution is -2.32. The molecule has 1 amide bonds. The Morgan fingerprint density at radius 2 is 2.27 bits per heavy atom. The third kappa shape index (κ3) is 4.49. The molecular formula is C16H20ClN3O2. The van der Waals surface area contributed by atoms with Gasteiger partial charge in [-0.15, -0.1) is 0 Å². The number of aromatic amines is 1. The number of fused-ring (bicyclic) bond motifs is 1. The molecule has 0 radical (unpaired) electrons. The molecule has 22 heavy (non-hydrogen) atoms. The average molecular weight is 322 g/mol. The van der Waals surface area contributed by atoms with Crippen molar-refractivity contribution >= 4 is 34.8 Å². The minimum Gasteiger partial charge on any atom is -0.444 e. The Morgan fingerprint density at radius 3 is 3.00 bits per heavy atom. The van der Waals surface area contributed by atoms with Gasteiger partial charge in [0.2, 0.25) is 0 Å². The van der Waals surface area contributed by atoms with Crippen molar-refractivity contribution in [2.45, 2.75) is 32.8 Å². The van der Waals surface area contributed by atoms with E-state index in [4.69, 9.17) is 16.3 Å². The molecule has 2 heterocycles. The monoisotopic (exact) mass is 321 g/mol. The van der Waals surface area contributed by atoms with Gasteiger partial charge in [0.1, 0.15) is 11.2 Å². The summed E-state index contributed by atoms with van der Waals surface area (Å²) in [4.78, 5) is 18.8. The first-order chi connectivity index (χ1) is 10.4. The maximum atomic E-state index is 11.5. The number of H-pyrrole nitrogens is 1. The van der Waals surface area contributed by atoms with Gasteiger partial charge in [-0.2, -0.15) is 0 Å². The standard InChI is InChI=1S/C16H20ClN3O2/c1-16(2,3)22-15(21)19-8-5-4-6-11-10-20-14-13(11)12(17)7-9-18-14/h4,6-7,9-10H,5,8H2,1-3H3,(H,18,20)(H,19,21). The number of aromatic nitrogens is 2. The van der Waals surface area contributed by atoms with E-state index in [1.54, 1.807) is 12.3 Å². The van der Waals surface area contributed by atoms with Gasteiger partial charge in [-0.1, -0.05) is 23.8 Å². The van der Waals surface area contributed by atoms with E-state index in [9.17, 15) is 4.79 Å². The van der Waals surface area contributed by atoms with Crippen LogP contribution in [0.1, 0.15) is 32.8 Å². The predicted molar refractivity (Wildman–Crippen MR) is 89.0 cm³/mol. The van der Waals surface area contributed by atoms with E-state index in [-0.39, 0.29) is 0 Å². The van der Waals surface area contributed by atoms with Crippen LogP contribution < -0.4 is 5.32 Å². The van der Waals surface area contributed by atoms with Crippen LogP contribution >= 0.6 is 11.6 Å². The molecule has 0 saturated carbocycles. The smallest absolute Gasteiger partial charge is 0.407 e. The Hall–Kier alpha value is -2.01. The number of hydrogen-bond acceptors (Lipinski definition) is 3. The summed E-state index contributed by atoms with van der Waals surface area (Å²) in [5.41, 5.74) is 1.26. The minimum atomic E-state index is -0.478. The number of nitrogens with one attached hydrogen (secondary N) is 2. The molecule has 2 aromatic rings. The first-order valence-electron chi connectivity index (χ1n) is 7.12. The zero-order chi connectivity index (χ0) is 16.2. The van der Waals surface area contributed by atoms with Crippen molar-refractivity contribution in [1.82, 2.24) is 15.3 Å². The quantitative estimate of drug-likeness (QED) is 0.831. The number of pyridine rings is 1. The molecule has 0 saturated heterocycles. The van der Waals surface area contributed by atoms with Crippen molar-refractivity contribution in [2.24, 2.45) is 0 Å². The molecule has 5 nitrogen and oxygen atoms in total. The number of alkyl carbamates (subject to hydrolysis) is 1. The van der Waals surface area contributed by atoms with Gasteiger partial charge >= 0.3 is 6.09 Å². The van der Waals surface area contributed by atoms with E-state index in [0.717, 1.165) is 16.6 Å². The molecule has 0 spiro atoms. The van der Waals surface area contributed by atoms with Crippen LogP contribution in [0.3, 0.4) is 0 Å². The Balaban J connectivity index is 1.86. The predicted octanol–water partition coefficient (Wildman–Crippen LogP) is 4.14. The zero-order valence-corrected chi connectivity index (χ0v) is 13.7. The number of nitrogens with zero attached hydrogens (tertiary/aromatic N) is 1. The van der Waals surface area contributed by atoms with E-state index in [1.165, 1.54) is 0 Å². The number of carbonyl (C=O) groups is 1. The largest absolute Gasteiger partial charge is 0.444 e. The van der Waals surface area contributed by atoms with Crippen LogP contribution in [-0.4, -0.2) is 28.2 Å². The lowest BCUT2D eigenvalue weighted by molar-refractivity contribution is 0.0529. The van der Waals surface area contributed by atoms with Gasteiger partial charge < -0.3 is 15.0 Å². The molecule has 2 rings (SSSR count). The molecule has 0 aliphatic heterocycles. The van der Waals surface area contributed by atoms with Gasteiger partial charge in [-0.3, -0.25) is 0 Å². The van der Waals surface area contributed by atoms with Gasteiger partial charge in [0.15, 0.2) is 0 Å². The normalized spacial score (nSPS) is 12.0. The number of ether oxygens (including phenoxy) is 1. The average Bonchev–Trinajstić information content (AvgIpc) is 2.81. The fourth-order valence-corrected chi connectivity index (χ4v) is 2.21. The first-order valence-corrected chi connectivity index (χ1v) is 7.49. The third-order valence-electron chi connectivity index (χ3n) is 2.83. The van der Waals surface area contributed by atoms with Gasteiger partial charge in [-0.25, -0.2) is 9.78 Å². The fourth-order valence-electron chi connectivity index (χ4n) is 1.95. The molecule has 0 fully saturated rings. The van der Waals surface area contributed by atoms with E-state index in [0.29, 0.717) is 18.0 Å². The third-order valence-corrected chi connectivity index (χ3v) is 3.14. The molecule has 2 aromatic heterocycles. The highest BCUT2D eigenvalue weighted by atomic mass is 35.5. The van der Waals surface area contributed by atoms with E-state index >= 15 is 0 Å². The molecule has 0 bridgehead atoms. The van der Waals surface area contributed by atoms with Crippen molar-refractivity contribution in [1.29, 1.82) is 0 Å². The van der Waals surface area contributed by atoms with Crippen molar-refractivity contribution in [3.05, 3.63) is 35.1 Å². The van der Waals surface area contributed by atoms with Crippen LogP contribution in [0.4, 0.5) is 4.79 Å². The highest BCUT2D eigenvalue weighted by molar-refractivity contribution is 6.35. The van der Waals surface area contributed by atoms with Crippen molar-refractivity contribution < 1.29 is 9.53 Å². The highest BCUT2D eigenvalue weighted by Gasteiger charge is 2.15. The lowest BCUT2D eigenvalue weighted by Gasteiger charge is -2.19. The van der Waals surface area contributed by atoms with Gasteiger partial charge in [-0.05, 0) is 33.3 Å². The number of rotatable bonds is 4. The molecule has 0 aliphatic rings. The summed E-state index contributed by atoms with van der Waals surface area (Å²) < 4.78 is 5.16. The summed E-state index contributed by atoms with van der Waals surface area (Å²) in [6.45, 7) is 6.02. The zero-order valence-electron chi connectivity index (χ0n) is 12.9. The SMILES string of the molecule is CC(C)(C)OC(=O)NCCC=Cc1c[nH]c2nccc(Cl)c12. The minimum absolute atomic E-state index is 0.403. The second kappa shape index (κ2) is 6.83. The van der Waals surface area contributed by atoms with Crippen LogP contribution in [-0.2, 0) is 4.74 Å². The highest BCUT2D eigenvalue weighted by Crippen LogP contribution is 2.25. The van der Waals surface area contributed by atoms with Crippen LogP contribution in [0.5, 0.6) is 0 Å². The number of hydrogen-bond donors (Lipinski definition) is 2. The molecular weight excluding hydrogens is 302 g/mol. The lowest BCUT2D eigenvalue weighted by atomic mass is 10.2. The van der Waals surface area contributed by atoms with Gasteiger partial charge in [0.05, 0.1) is 5.02 Å². The molecule has 0 atom stereocenters.